The number of hydrogen-bond acceptors (Lipinski definition) is 3. The van der Waals surface area contributed by atoms with Crippen molar-refractivity contribution < 1.29 is 55.2 Å². The second kappa shape index (κ2) is 21.7. The average molecular weight is 651 g/mol. The van der Waals surface area contributed by atoms with Crippen LogP contribution in [0.3, 0.4) is 0 Å². The number of allylic oxidation sites excluding steroid dienone is 3. The van der Waals surface area contributed by atoms with Gasteiger partial charge in [-0.25, -0.2) is 0 Å². The van der Waals surface area contributed by atoms with Crippen LogP contribution in [0, 0.1) is 0 Å². The Balaban J connectivity index is 0. The Hall–Kier alpha value is -2.79. The third kappa shape index (κ3) is 20.3. The summed E-state index contributed by atoms with van der Waals surface area (Å²) >= 11 is 0. The quantitative estimate of drug-likeness (QED) is 0.216. The van der Waals surface area contributed by atoms with Crippen LogP contribution in [0.1, 0.15) is 37.5 Å². The molecule has 5 heteroatoms. The molecule has 0 fully saturated rings. The molecule has 0 aliphatic rings. The molecule has 3 aromatic carbocycles. The Labute approximate surface area is 236 Å². The van der Waals surface area contributed by atoms with Crippen molar-refractivity contribution in [3.05, 3.63) is 126 Å². The first kappa shape index (κ1) is 34.4. The summed E-state index contributed by atoms with van der Waals surface area (Å²) in [4.78, 5) is 31.6. The van der Waals surface area contributed by atoms with Crippen molar-refractivity contribution in [1.82, 2.24) is 0 Å². The first-order valence-electron chi connectivity index (χ1n) is 10.6. The zero-order valence-corrected chi connectivity index (χ0v) is 23.1. The van der Waals surface area contributed by atoms with Gasteiger partial charge in [-0.3, -0.25) is 14.4 Å². The molecule has 0 amide bonds. The molecule has 0 aliphatic carbocycles. The van der Waals surface area contributed by atoms with E-state index in [1.807, 2.05) is 109 Å². The SMILES string of the molecule is CC(=O)/C=C/c1ccccc1.CC(=O)/C=C/c1ccccc1.CC(=O)/C=C/c1ccccc1.[Pd].[Pd]. The maximum Gasteiger partial charge on any atom is 0.152 e. The summed E-state index contributed by atoms with van der Waals surface area (Å²) in [7, 11) is 0. The van der Waals surface area contributed by atoms with E-state index < -0.39 is 0 Å². The number of hydrogen-bond donors (Lipinski definition) is 0. The van der Waals surface area contributed by atoms with Crippen LogP contribution in [-0.4, -0.2) is 17.3 Å². The van der Waals surface area contributed by atoms with Gasteiger partial charge in [0.1, 0.15) is 0 Å². The molecule has 0 spiro atoms. The predicted octanol–water partition coefficient (Wildman–Crippen LogP) is 6.86. The molecule has 0 aromatic heterocycles. The van der Waals surface area contributed by atoms with Crippen molar-refractivity contribution in [3.63, 3.8) is 0 Å². The minimum atomic E-state index is 0. The molecule has 0 atom stereocenters. The van der Waals surface area contributed by atoms with Gasteiger partial charge in [0, 0.05) is 40.8 Å². The number of carbonyl (C=O) groups excluding carboxylic acids is 3. The predicted molar refractivity (Wildman–Crippen MR) is 138 cm³/mol. The molecular weight excluding hydrogens is 621 g/mol. The Bertz CT molecular complexity index is 931. The monoisotopic (exact) mass is 650 g/mol. The molecule has 35 heavy (non-hydrogen) atoms. The number of ketones is 3. The Morgan fingerprint density at radius 2 is 0.629 bits per heavy atom. The van der Waals surface area contributed by atoms with Gasteiger partial charge in [-0.05, 0) is 55.7 Å². The Kier molecular flexibility index (Phi) is 21.3. The molecule has 0 unspecified atom stereocenters. The molecule has 188 valence electrons. The summed E-state index contributed by atoms with van der Waals surface area (Å²) in [5.74, 6) is 0.233. The van der Waals surface area contributed by atoms with Crippen LogP contribution in [0.25, 0.3) is 18.2 Å². The summed E-state index contributed by atoms with van der Waals surface area (Å²) < 4.78 is 0. The third-order valence-corrected chi connectivity index (χ3v) is 3.93. The zero-order chi connectivity index (χ0) is 24.3. The fourth-order valence-corrected chi connectivity index (χ4v) is 2.33. The summed E-state index contributed by atoms with van der Waals surface area (Å²) in [6.45, 7) is 4.62. The summed E-state index contributed by atoms with van der Waals surface area (Å²) in [6.07, 6.45) is 10.1. The molecule has 3 nitrogen and oxygen atoms in total. The van der Waals surface area contributed by atoms with Gasteiger partial charge in [0.25, 0.3) is 0 Å². The Morgan fingerprint density at radius 3 is 0.800 bits per heavy atom. The molecular formula is C30H30O3Pd2. The number of rotatable bonds is 6. The zero-order valence-electron chi connectivity index (χ0n) is 20.0. The minimum Gasteiger partial charge on any atom is -0.295 e. The van der Waals surface area contributed by atoms with Gasteiger partial charge in [0.2, 0.25) is 0 Å². The van der Waals surface area contributed by atoms with Crippen LogP contribution in [-0.2, 0) is 55.2 Å². The normalized spacial score (nSPS) is 9.69. The van der Waals surface area contributed by atoms with E-state index in [1.165, 1.54) is 0 Å². The van der Waals surface area contributed by atoms with Gasteiger partial charge in [-0.2, -0.15) is 0 Å². The molecule has 0 bridgehead atoms. The maximum atomic E-state index is 10.5. The van der Waals surface area contributed by atoms with Crippen LogP contribution in [0.5, 0.6) is 0 Å². The van der Waals surface area contributed by atoms with Crippen LogP contribution in [0.15, 0.2) is 109 Å². The molecule has 0 saturated heterocycles. The van der Waals surface area contributed by atoms with Crippen molar-refractivity contribution in [2.45, 2.75) is 20.8 Å². The fraction of sp³-hybridized carbons (Fsp3) is 0.100. The second-order valence-corrected chi connectivity index (χ2v) is 7.06. The van der Waals surface area contributed by atoms with E-state index in [0.29, 0.717) is 0 Å². The third-order valence-electron chi connectivity index (χ3n) is 3.93. The molecule has 0 heterocycles. The van der Waals surface area contributed by atoms with E-state index in [9.17, 15) is 14.4 Å². The van der Waals surface area contributed by atoms with Gasteiger partial charge in [-0.15, -0.1) is 0 Å². The summed E-state index contributed by atoms with van der Waals surface area (Å²) in [5.41, 5.74) is 3.17. The molecule has 0 saturated carbocycles. The van der Waals surface area contributed by atoms with Crippen molar-refractivity contribution in [2.75, 3.05) is 0 Å². The van der Waals surface area contributed by atoms with Gasteiger partial charge < -0.3 is 0 Å². The van der Waals surface area contributed by atoms with Crippen LogP contribution < -0.4 is 0 Å². The van der Waals surface area contributed by atoms with Crippen LogP contribution in [0.4, 0.5) is 0 Å². The summed E-state index contributed by atoms with van der Waals surface area (Å²) in [6, 6.07) is 29.3. The van der Waals surface area contributed by atoms with Crippen LogP contribution in [0.2, 0.25) is 0 Å². The van der Waals surface area contributed by atoms with Gasteiger partial charge in [0.15, 0.2) is 17.3 Å². The first-order chi connectivity index (χ1) is 15.9. The largest absolute Gasteiger partial charge is 0.295 e. The molecule has 3 aromatic rings. The van der Waals surface area contributed by atoms with Gasteiger partial charge >= 0.3 is 0 Å². The topological polar surface area (TPSA) is 51.2 Å². The van der Waals surface area contributed by atoms with Crippen molar-refractivity contribution >= 4 is 35.6 Å². The second-order valence-electron chi connectivity index (χ2n) is 7.06. The molecule has 0 aliphatic heterocycles. The van der Waals surface area contributed by atoms with E-state index in [0.717, 1.165) is 16.7 Å². The van der Waals surface area contributed by atoms with E-state index in [-0.39, 0.29) is 58.2 Å². The average Bonchev–Trinajstić information content (AvgIpc) is 2.83. The number of carbonyl (C=O) groups is 3. The fourth-order valence-electron chi connectivity index (χ4n) is 2.33. The van der Waals surface area contributed by atoms with Gasteiger partial charge in [-0.1, -0.05) is 109 Å². The molecule has 3 rings (SSSR count). The number of benzene rings is 3. The Morgan fingerprint density at radius 1 is 0.429 bits per heavy atom. The minimum absolute atomic E-state index is 0. The van der Waals surface area contributed by atoms with E-state index in [1.54, 1.807) is 39.0 Å². The first-order valence-corrected chi connectivity index (χ1v) is 10.6. The van der Waals surface area contributed by atoms with E-state index in [2.05, 4.69) is 0 Å². The maximum absolute atomic E-state index is 10.5. The van der Waals surface area contributed by atoms with Crippen LogP contribution >= 0.6 is 0 Å². The van der Waals surface area contributed by atoms with Gasteiger partial charge in [0.05, 0.1) is 0 Å². The van der Waals surface area contributed by atoms with Crippen molar-refractivity contribution in [2.24, 2.45) is 0 Å². The van der Waals surface area contributed by atoms with Crippen molar-refractivity contribution in [3.8, 4) is 0 Å². The standard InChI is InChI=1S/3C10H10O.2Pd/c3*1-9(11)7-8-10-5-3-2-4-6-10;;/h3*2-8H,1H3;;/b3*8-7+;;. The molecule has 0 radical (unpaired) electrons. The van der Waals surface area contributed by atoms with E-state index >= 15 is 0 Å². The molecule has 0 N–H and O–H groups in total. The smallest absolute Gasteiger partial charge is 0.152 e. The van der Waals surface area contributed by atoms with E-state index in [4.69, 9.17) is 0 Å². The summed E-state index contributed by atoms with van der Waals surface area (Å²) in [5, 5.41) is 0. The van der Waals surface area contributed by atoms with Crippen molar-refractivity contribution in [1.29, 1.82) is 0 Å².